The largest absolute Gasteiger partial charge is 0.466 e. The fraction of sp³-hybridized carbons (Fsp3) is 0.825. The molecule has 47 heavy (non-hydrogen) atoms. The first-order valence-electron chi connectivity index (χ1n) is 19.5. The summed E-state index contributed by atoms with van der Waals surface area (Å²) in [5.41, 5.74) is 0. The molecule has 0 aliphatic rings. The van der Waals surface area contributed by atoms with Crippen LogP contribution in [0.5, 0.6) is 0 Å². The van der Waals surface area contributed by atoms with Crippen molar-refractivity contribution in [2.45, 2.75) is 187 Å². The molecule has 1 N–H and O–H groups in total. The minimum Gasteiger partial charge on any atom is -0.466 e. The number of hydrogen-bond acceptors (Lipinski definition) is 7. The molecule has 0 fully saturated rings. The van der Waals surface area contributed by atoms with Crippen LogP contribution in [0.1, 0.15) is 181 Å². The maximum atomic E-state index is 12.4. The van der Waals surface area contributed by atoms with Gasteiger partial charge in [0.05, 0.1) is 13.2 Å². The van der Waals surface area contributed by atoms with Gasteiger partial charge >= 0.3 is 17.9 Å². The summed E-state index contributed by atoms with van der Waals surface area (Å²) in [6.45, 7) is 6.24. The average Bonchev–Trinajstić information content (AvgIpc) is 3.06. The van der Waals surface area contributed by atoms with Gasteiger partial charge in [-0.3, -0.25) is 14.4 Å². The van der Waals surface area contributed by atoms with E-state index in [-0.39, 0.29) is 24.0 Å². The molecule has 0 amide bonds. The third-order valence-corrected chi connectivity index (χ3v) is 8.29. The first kappa shape index (κ1) is 44.9. The van der Waals surface area contributed by atoms with E-state index in [1.807, 2.05) is 7.05 Å². The van der Waals surface area contributed by atoms with E-state index in [4.69, 9.17) is 14.2 Å². The van der Waals surface area contributed by atoms with Crippen molar-refractivity contribution in [1.82, 2.24) is 5.32 Å². The molecule has 0 aliphatic carbocycles. The van der Waals surface area contributed by atoms with Crippen LogP contribution in [0.2, 0.25) is 0 Å². The second kappa shape index (κ2) is 36.7. The Kier molecular flexibility index (Phi) is 35.0. The van der Waals surface area contributed by atoms with E-state index >= 15 is 0 Å². The second-order valence-electron chi connectivity index (χ2n) is 12.9. The fourth-order valence-electron chi connectivity index (χ4n) is 5.31. The molecule has 0 bridgehead atoms. The highest BCUT2D eigenvalue weighted by Crippen LogP contribution is 2.18. The van der Waals surface area contributed by atoms with Gasteiger partial charge in [0, 0.05) is 19.3 Å². The molecule has 0 unspecified atom stereocenters. The maximum Gasteiger partial charge on any atom is 0.306 e. The monoisotopic (exact) mass is 664 g/mol. The number of rotatable bonds is 35. The van der Waals surface area contributed by atoms with Gasteiger partial charge < -0.3 is 19.5 Å². The van der Waals surface area contributed by atoms with Gasteiger partial charge in [-0.25, -0.2) is 0 Å². The van der Waals surface area contributed by atoms with Gasteiger partial charge in [0.2, 0.25) is 0 Å². The van der Waals surface area contributed by atoms with E-state index in [1.54, 1.807) is 0 Å². The molecule has 0 aromatic heterocycles. The van der Waals surface area contributed by atoms with Crippen LogP contribution in [0.25, 0.3) is 0 Å². The van der Waals surface area contributed by atoms with Crippen LogP contribution in [0, 0.1) is 0 Å². The Morgan fingerprint density at radius 3 is 1.38 bits per heavy atom. The lowest BCUT2D eigenvalue weighted by Crippen LogP contribution is -2.19. The molecule has 0 atom stereocenters. The van der Waals surface area contributed by atoms with Crippen molar-refractivity contribution >= 4 is 17.9 Å². The molecule has 0 saturated carbocycles. The third-order valence-electron chi connectivity index (χ3n) is 8.29. The Morgan fingerprint density at radius 1 is 0.511 bits per heavy atom. The van der Waals surface area contributed by atoms with Crippen molar-refractivity contribution in [3.8, 4) is 0 Å². The van der Waals surface area contributed by atoms with E-state index in [0.717, 1.165) is 129 Å². The van der Waals surface area contributed by atoms with Crippen molar-refractivity contribution in [2.75, 3.05) is 26.8 Å². The molecule has 0 spiro atoms. The van der Waals surface area contributed by atoms with Crippen LogP contribution < -0.4 is 5.32 Å². The topological polar surface area (TPSA) is 90.9 Å². The van der Waals surface area contributed by atoms with Crippen LogP contribution in [0.15, 0.2) is 24.3 Å². The molecule has 0 rings (SSSR count). The van der Waals surface area contributed by atoms with Crippen LogP contribution >= 0.6 is 0 Å². The molecule has 0 aromatic carbocycles. The maximum absolute atomic E-state index is 12.4. The van der Waals surface area contributed by atoms with Crippen molar-refractivity contribution in [1.29, 1.82) is 0 Å². The number of carbonyl (C=O) groups excluding carboxylic acids is 3. The summed E-state index contributed by atoms with van der Waals surface area (Å²) >= 11 is 0. The molecular formula is C40H73NO6. The molecule has 0 aliphatic heterocycles. The summed E-state index contributed by atoms with van der Waals surface area (Å²) in [5, 5.41) is 3.09. The molecule has 0 aromatic rings. The highest BCUT2D eigenvalue weighted by Gasteiger charge is 2.14. The number of carbonyl (C=O) groups is 3. The standard InChI is InChI=1S/C40H73NO6/c1-4-6-8-10-18-24-31-38(42)45-35-26-20-14-12-16-22-29-37(47-40(44)33-28-34-41-3)30-23-17-13-15-21-27-36-46-39(43)32-25-19-11-9-7-5-2/h10-11,18-19,37,41H,4-9,12-17,20-36H2,1-3H3/b18-10-,19-11-. The Hall–Kier alpha value is -2.15. The Morgan fingerprint density at radius 2 is 0.936 bits per heavy atom. The van der Waals surface area contributed by atoms with Crippen molar-refractivity contribution in [2.24, 2.45) is 0 Å². The number of nitrogens with one attached hydrogen (secondary N) is 1. The molecule has 274 valence electrons. The number of unbranched alkanes of at least 4 members (excludes halogenated alkanes) is 14. The highest BCUT2D eigenvalue weighted by atomic mass is 16.5. The quantitative estimate of drug-likeness (QED) is 0.0312. The van der Waals surface area contributed by atoms with E-state index < -0.39 is 0 Å². The van der Waals surface area contributed by atoms with Gasteiger partial charge in [-0.2, -0.15) is 0 Å². The average molecular weight is 664 g/mol. The van der Waals surface area contributed by atoms with E-state index in [2.05, 4.69) is 43.5 Å². The van der Waals surface area contributed by atoms with Gasteiger partial charge in [-0.05, 0) is 84.2 Å². The molecular weight excluding hydrogens is 590 g/mol. The molecule has 7 nitrogen and oxygen atoms in total. The van der Waals surface area contributed by atoms with E-state index in [0.29, 0.717) is 32.5 Å². The summed E-state index contributed by atoms with van der Waals surface area (Å²) in [7, 11) is 1.90. The lowest BCUT2D eigenvalue weighted by molar-refractivity contribution is -0.150. The van der Waals surface area contributed by atoms with Gasteiger partial charge in [0.1, 0.15) is 6.10 Å². The lowest BCUT2D eigenvalue weighted by Gasteiger charge is -2.18. The summed E-state index contributed by atoms with van der Waals surface area (Å²) in [5.74, 6) is -0.257. The molecule has 0 saturated heterocycles. The first-order chi connectivity index (χ1) is 23.0. The first-order valence-corrected chi connectivity index (χ1v) is 19.5. The Balaban J connectivity index is 3.98. The molecule has 7 heteroatoms. The Bertz CT molecular complexity index is 729. The summed E-state index contributed by atoms with van der Waals surface area (Å²) in [6, 6.07) is 0. The van der Waals surface area contributed by atoms with Crippen LogP contribution in [-0.4, -0.2) is 50.8 Å². The van der Waals surface area contributed by atoms with Gasteiger partial charge in [-0.1, -0.05) is 115 Å². The second-order valence-corrected chi connectivity index (χ2v) is 12.9. The van der Waals surface area contributed by atoms with Crippen molar-refractivity contribution < 1.29 is 28.6 Å². The number of hydrogen-bond donors (Lipinski definition) is 1. The zero-order chi connectivity index (χ0) is 34.5. The summed E-state index contributed by atoms with van der Waals surface area (Å²) < 4.78 is 16.6. The molecule has 0 radical (unpaired) electrons. The van der Waals surface area contributed by atoms with Crippen molar-refractivity contribution in [3.63, 3.8) is 0 Å². The fourth-order valence-corrected chi connectivity index (χ4v) is 5.31. The van der Waals surface area contributed by atoms with Gasteiger partial charge in [0.25, 0.3) is 0 Å². The smallest absolute Gasteiger partial charge is 0.306 e. The predicted octanol–water partition coefficient (Wildman–Crippen LogP) is 10.5. The summed E-state index contributed by atoms with van der Waals surface area (Å²) in [4.78, 5) is 36.1. The lowest BCUT2D eigenvalue weighted by atomic mass is 10.0. The van der Waals surface area contributed by atoms with Gasteiger partial charge in [0.15, 0.2) is 0 Å². The zero-order valence-electron chi connectivity index (χ0n) is 30.8. The van der Waals surface area contributed by atoms with Crippen LogP contribution in [0.3, 0.4) is 0 Å². The summed E-state index contributed by atoms with van der Waals surface area (Å²) in [6.07, 6.45) is 34.2. The number of ether oxygens (including phenoxy) is 3. The van der Waals surface area contributed by atoms with Crippen LogP contribution in [0.4, 0.5) is 0 Å². The minimum absolute atomic E-state index is 0.0129. The number of allylic oxidation sites excluding steroid dienone is 4. The minimum atomic E-state index is -0.0912. The Labute approximate surface area is 289 Å². The normalized spacial score (nSPS) is 11.6. The SMILES string of the molecule is CCCC/C=C\CCC(=O)OCCCCCCCCC(CCCCCCCCOC(=O)CC/C=C\CCCC)OC(=O)CCCNC. The third kappa shape index (κ3) is 35.0. The zero-order valence-corrected chi connectivity index (χ0v) is 30.8. The highest BCUT2D eigenvalue weighted by molar-refractivity contribution is 5.70. The number of esters is 3. The van der Waals surface area contributed by atoms with E-state index in [9.17, 15) is 14.4 Å². The van der Waals surface area contributed by atoms with Gasteiger partial charge in [-0.15, -0.1) is 0 Å². The van der Waals surface area contributed by atoms with E-state index in [1.165, 1.54) is 25.7 Å². The van der Waals surface area contributed by atoms with Crippen molar-refractivity contribution in [3.05, 3.63) is 24.3 Å². The predicted molar refractivity (Wildman–Crippen MR) is 195 cm³/mol. The molecule has 0 heterocycles. The van der Waals surface area contributed by atoms with Crippen LogP contribution in [-0.2, 0) is 28.6 Å².